The first-order valence-corrected chi connectivity index (χ1v) is 14.0. The van der Waals surface area contributed by atoms with Crippen molar-refractivity contribution >= 4 is 27.8 Å². The molecule has 5 aromatic rings. The molecule has 43 heavy (non-hydrogen) atoms. The molecule has 1 N–H and O–H groups in total. The van der Waals surface area contributed by atoms with Gasteiger partial charge in [0.1, 0.15) is 13.1 Å². The zero-order valence-electron chi connectivity index (χ0n) is 23.9. The molecule has 13 heteroatoms. The van der Waals surface area contributed by atoms with Gasteiger partial charge in [0.15, 0.2) is 6.23 Å². The van der Waals surface area contributed by atoms with Gasteiger partial charge in [0, 0.05) is 23.8 Å². The quantitative estimate of drug-likeness (QED) is 0.300. The molecule has 1 saturated heterocycles. The van der Waals surface area contributed by atoms with Gasteiger partial charge in [-0.15, -0.1) is 0 Å². The maximum Gasteiger partial charge on any atom is 0.405 e. The van der Waals surface area contributed by atoms with Crippen LogP contribution < -0.4 is 11.0 Å². The fraction of sp³-hybridized carbons (Fsp3) is 0.367. The minimum Gasteiger partial charge on any atom is -0.356 e. The van der Waals surface area contributed by atoms with E-state index in [9.17, 15) is 22.8 Å². The van der Waals surface area contributed by atoms with E-state index >= 15 is 0 Å². The Kier molecular flexibility index (Phi) is 7.28. The molecule has 0 spiro atoms. The fourth-order valence-electron chi connectivity index (χ4n) is 5.81. The fourth-order valence-corrected chi connectivity index (χ4v) is 5.81. The summed E-state index contributed by atoms with van der Waals surface area (Å²) in [5, 5.41) is 7.54. The highest BCUT2D eigenvalue weighted by Crippen LogP contribution is 2.34. The Balaban J connectivity index is 1.41. The van der Waals surface area contributed by atoms with Gasteiger partial charge in [-0.1, -0.05) is 12.1 Å². The van der Waals surface area contributed by atoms with Crippen molar-refractivity contribution in [3.8, 4) is 16.9 Å². The minimum atomic E-state index is -4.56. The van der Waals surface area contributed by atoms with Gasteiger partial charge in [-0.2, -0.15) is 18.3 Å². The van der Waals surface area contributed by atoms with Crippen molar-refractivity contribution in [3.63, 3.8) is 0 Å². The largest absolute Gasteiger partial charge is 0.405 e. The summed E-state index contributed by atoms with van der Waals surface area (Å²) in [6.45, 7) is 4.30. The topological polar surface area (TPSA) is 109 Å². The number of halogens is 3. The summed E-state index contributed by atoms with van der Waals surface area (Å²) in [5.41, 5.74) is 5.55. The van der Waals surface area contributed by atoms with Gasteiger partial charge in [-0.3, -0.25) is 23.9 Å². The normalized spacial score (nSPS) is 15.8. The van der Waals surface area contributed by atoms with Gasteiger partial charge in [0.05, 0.1) is 46.0 Å². The number of para-hydroxylation sites is 1. The lowest BCUT2D eigenvalue weighted by Gasteiger charge is -2.23. The summed E-state index contributed by atoms with van der Waals surface area (Å²) in [6.07, 6.45) is 3.36. The summed E-state index contributed by atoms with van der Waals surface area (Å²) < 4.78 is 48.4. The Morgan fingerprint density at radius 2 is 1.91 bits per heavy atom. The lowest BCUT2D eigenvalue weighted by atomic mass is 10.0. The molecule has 1 fully saturated rings. The Labute approximate surface area is 244 Å². The molecule has 1 aromatic carbocycles. The SMILES string of the molecule is Cc1cc(-n2c(=O)n(CC(=O)NCC(F)(F)F)c3cccc(C)c32)cnc1-c1cncc2c1c(C)nn2C1CCCCO1. The number of nitrogens with one attached hydrogen (secondary N) is 1. The van der Waals surface area contributed by atoms with E-state index in [-0.39, 0.29) is 6.23 Å². The third kappa shape index (κ3) is 5.29. The van der Waals surface area contributed by atoms with E-state index in [4.69, 9.17) is 14.8 Å². The number of imidazole rings is 1. The van der Waals surface area contributed by atoms with Crippen LogP contribution in [0.5, 0.6) is 0 Å². The third-order valence-electron chi connectivity index (χ3n) is 7.74. The molecular formula is C30H30F3N7O3. The number of fused-ring (bicyclic) bond motifs is 2. The average molecular weight is 594 g/mol. The number of carbonyl (C=O) groups is 1. The predicted molar refractivity (Wildman–Crippen MR) is 154 cm³/mol. The van der Waals surface area contributed by atoms with Crippen LogP contribution in [0, 0.1) is 20.8 Å². The number of hydrogen-bond acceptors (Lipinski definition) is 6. The van der Waals surface area contributed by atoms with Crippen LogP contribution in [0.15, 0.2) is 47.7 Å². The molecule has 0 bridgehead atoms. The van der Waals surface area contributed by atoms with Crippen molar-refractivity contribution < 1.29 is 22.7 Å². The molecule has 0 radical (unpaired) electrons. The highest BCUT2D eigenvalue weighted by atomic mass is 19.4. The highest BCUT2D eigenvalue weighted by Gasteiger charge is 2.28. The van der Waals surface area contributed by atoms with Gasteiger partial charge in [-0.25, -0.2) is 9.48 Å². The molecule has 1 unspecified atom stereocenters. The highest BCUT2D eigenvalue weighted by molar-refractivity contribution is 5.96. The van der Waals surface area contributed by atoms with Gasteiger partial charge >= 0.3 is 11.9 Å². The third-order valence-corrected chi connectivity index (χ3v) is 7.74. The number of pyridine rings is 2. The maximum atomic E-state index is 13.7. The lowest BCUT2D eigenvalue weighted by molar-refractivity contribution is -0.138. The molecular weight excluding hydrogens is 563 g/mol. The average Bonchev–Trinajstić information content (AvgIpc) is 3.46. The predicted octanol–water partition coefficient (Wildman–Crippen LogP) is 4.90. The number of ether oxygens (including phenoxy) is 1. The number of alkyl halides is 3. The molecule has 1 amide bonds. The molecule has 224 valence electrons. The summed E-state index contributed by atoms with van der Waals surface area (Å²) in [4.78, 5) is 35.3. The van der Waals surface area contributed by atoms with Crippen LogP contribution in [0.2, 0.25) is 0 Å². The van der Waals surface area contributed by atoms with Crippen molar-refractivity contribution in [2.24, 2.45) is 0 Å². The van der Waals surface area contributed by atoms with Gasteiger partial charge in [0.25, 0.3) is 0 Å². The zero-order chi connectivity index (χ0) is 30.5. The molecule has 0 saturated carbocycles. The number of hydrogen-bond donors (Lipinski definition) is 1. The summed E-state index contributed by atoms with van der Waals surface area (Å²) in [5.74, 6) is -0.917. The van der Waals surface area contributed by atoms with Gasteiger partial charge in [0.2, 0.25) is 5.91 Å². The second kappa shape index (κ2) is 11.0. The van der Waals surface area contributed by atoms with E-state index in [1.54, 1.807) is 30.7 Å². The minimum absolute atomic E-state index is 0.151. The first-order valence-electron chi connectivity index (χ1n) is 14.0. The molecule has 6 rings (SSSR count). The van der Waals surface area contributed by atoms with Crippen molar-refractivity contribution in [1.29, 1.82) is 0 Å². The van der Waals surface area contributed by atoms with Crippen LogP contribution in [-0.2, 0) is 16.1 Å². The molecule has 1 aliphatic rings. The standard InChI is InChI=1S/C30H30F3N7O3/c1-17-7-6-8-22-28(17)39(29(42)38(22)15-24(41)36-16-30(31,32)33)20-11-18(2)27(35-12-20)21-13-34-14-23-26(21)19(3)37-40(23)25-9-4-5-10-43-25/h6-8,11-14,25H,4-5,9-10,15-16H2,1-3H3,(H,36,41). The number of aromatic nitrogens is 6. The number of benzene rings is 1. The van der Waals surface area contributed by atoms with E-state index in [1.165, 1.54) is 9.13 Å². The second-order valence-electron chi connectivity index (χ2n) is 10.8. The number of aryl methyl sites for hydroxylation is 3. The summed E-state index contributed by atoms with van der Waals surface area (Å²) >= 11 is 0. The molecule has 5 heterocycles. The van der Waals surface area contributed by atoms with Crippen LogP contribution in [0.3, 0.4) is 0 Å². The van der Waals surface area contributed by atoms with Crippen molar-refractivity contribution in [1.82, 2.24) is 34.2 Å². The molecule has 0 aliphatic carbocycles. The van der Waals surface area contributed by atoms with E-state index in [1.807, 2.05) is 42.9 Å². The van der Waals surface area contributed by atoms with E-state index < -0.39 is 30.9 Å². The van der Waals surface area contributed by atoms with Crippen LogP contribution in [-0.4, -0.2) is 54.1 Å². The Hall–Kier alpha value is -4.52. The van der Waals surface area contributed by atoms with Crippen LogP contribution in [0.1, 0.15) is 42.3 Å². The smallest absolute Gasteiger partial charge is 0.356 e. The summed E-state index contributed by atoms with van der Waals surface area (Å²) in [7, 11) is 0. The van der Waals surface area contributed by atoms with Crippen LogP contribution in [0.4, 0.5) is 13.2 Å². The second-order valence-corrected chi connectivity index (χ2v) is 10.8. The zero-order valence-corrected chi connectivity index (χ0v) is 23.9. The van der Waals surface area contributed by atoms with Crippen LogP contribution >= 0.6 is 0 Å². The maximum absolute atomic E-state index is 13.7. The lowest BCUT2D eigenvalue weighted by Crippen LogP contribution is -2.37. The Bertz CT molecular complexity index is 1920. The first kappa shape index (κ1) is 28.6. The summed E-state index contributed by atoms with van der Waals surface area (Å²) in [6, 6.07) is 7.04. The Morgan fingerprint density at radius 1 is 1.09 bits per heavy atom. The molecule has 4 aromatic heterocycles. The van der Waals surface area contributed by atoms with Crippen LogP contribution in [0.25, 0.3) is 38.9 Å². The Morgan fingerprint density at radius 3 is 2.63 bits per heavy atom. The number of nitrogens with zero attached hydrogens (tertiary/aromatic N) is 6. The van der Waals surface area contributed by atoms with Crippen molar-refractivity contribution in [3.05, 3.63) is 70.2 Å². The first-order chi connectivity index (χ1) is 20.5. The van der Waals surface area contributed by atoms with E-state index in [2.05, 4.69) is 4.98 Å². The van der Waals surface area contributed by atoms with Crippen molar-refractivity contribution in [2.75, 3.05) is 13.2 Å². The molecule has 10 nitrogen and oxygen atoms in total. The molecule has 1 atom stereocenters. The number of rotatable bonds is 6. The van der Waals surface area contributed by atoms with Gasteiger partial charge in [-0.05, 0) is 63.3 Å². The molecule has 1 aliphatic heterocycles. The number of amides is 1. The number of carbonyl (C=O) groups excluding carboxylic acids is 1. The monoisotopic (exact) mass is 593 g/mol. The van der Waals surface area contributed by atoms with Crippen molar-refractivity contribution in [2.45, 2.75) is 59.0 Å². The van der Waals surface area contributed by atoms with Gasteiger partial charge < -0.3 is 10.1 Å². The van der Waals surface area contributed by atoms with E-state index in [0.717, 1.165) is 52.5 Å². The van der Waals surface area contributed by atoms with E-state index in [0.29, 0.717) is 29.0 Å².